The molecule has 8 heteroatoms. The number of rotatable bonds is 7. The number of carbonyl (C=O) groups excluding carboxylic acids is 4. The van der Waals surface area contributed by atoms with Crippen LogP contribution in [0.1, 0.15) is 5.56 Å². The molecule has 0 bridgehead atoms. The largest absolute Gasteiger partial charge is 0.484 e. The predicted molar refractivity (Wildman–Crippen MR) is 148 cm³/mol. The molecule has 5 rings (SSSR count). The molecular weight excluding hydrogens is 494 g/mol. The molecule has 1 aliphatic rings. The molecule has 0 unspecified atom stereocenters. The molecule has 8 nitrogen and oxygen atoms in total. The average Bonchev–Trinajstić information content (AvgIpc) is 2.96. The van der Waals surface area contributed by atoms with Gasteiger partial charge in [-0.2, -0.15) is 0 Å². The van der Waals surface area contributed by atoms with Crippen LogP contribution >= 0.6 is 0 Å². The fraction of sp³-hybridized carbons (Fsp3) is 0.0323. The molecule has 0 radical (unpaired) electrons. The van der Waals surface area contributed by atoms with E-state index in [4.69, 9.17) is 4.74 Å². The van der Waals surface area contributed by atoms with Gasteiger partial charge in [0.2, 0.25) is 0 Å². The Bertz CT molecular complexity index is 1490. The van der Waals surface area contributed by atoms with E-state index in [0.29, 0.717) is 28.4 Å². The lowest BCUT2D eigenvalue weighted by atomic mass is 10.0. The van der Waals surface area contributed by atoms with Crippen molar-refractivity contribution in [1.29, 1.82) is 0 Å². The second-order valence-electron chi connectivity index (χ2n) is 8.57. The van der Waals surface area contributed by atoms with Crippen LogP contribution in [-0.2, 0) is 14.4 Å². The summed E-state index contributed by atoms with van der Waals surface area (Å²) in [6, 6.07) is 31.8. The van der Waals surface area contributed by atoms with Crippen molar-refractivity contribution in [2.45, 2.75) is 0 Å². The number of ether oxygens (including phenoxy) is 1. The Hall–Kier alpha value is -5.50. The Morgan fingerprint density at radius 2 is 1.23 bits per heavy atom. The van der Waals surface area contributed by atoms with Crippen LogP contribution < -0.4 is 19.9 Å². The maximum absolute atomic E-state index is 13.5. The lowest BCUT2D eigenvalue weighted by Crippen LogP contribution is -2.57. The molecule has 1 saturated heterocycles. The summed E-state index contributed by atoms with van der Waals surface area (Å²) in [4.78, 5) is 54.6. The fourth-order valence-corrected chi connectivity index (χ4v) is 4.07. The van der Waals surface area contributed by atoms with E-state index in [1.165, 1.54) is 6.08 Å². The zero-order chi connectivity index (χ0) is 27.2. The number of carbonyl (C=O) groups is 4. The number of para-hydroxylation sites is 3. The predicted octanol–water partition coefficient (Wildman–Crippen LogP) is 5.29. The van der Waals surface area contributed by atoms with Gasteiger partial charge in [-0.1, -0.05) is 66.7 Å². The summed E-state index contributed by atoms with van der Waals surface area (Å²) >= 11 is 0. The number of barbiturate groups is 1. The molecule has 1 heterocycles. The van der Waals surface area contributed by atoms with Gasteiger partial charge in [0, 0.05) is 5.69 Å². The third kappa shape index (κ3) is 5.60. The maximum atomic E-state index is 13.5. The van der Waals surface area contributed by atoms with Gasteiger partial charge in [-0.15, -0.1) is 0 Å². The minimum absolute atomic E-state index is 0.193. The van der Waals surface area contributed by atoms with Crippen molar-refractivity contribution in [2.24, 2.45) is 0 Å². The first-order valence-electron chi connectivity index (χ1n) is 12.1. The van der Waals surface area contributed by atoms with Crippen LogP contribution in [0.25, 0.3) is 6.08 Å². The molecule has 1 fully saturated rings. The van der Waals surface area contributed by atoms with Crippen molar-refractivity contribution < 1.29 is 23.9 Å². The zero-order valence-corrected chi connectivity index (χ0v) is 20.7. The third-order valence-corrected chi connectivity index (χ3v) is 5.87. The molecule has 0 atom stereocenters. The number of hydrogen-bond donors (Lipinski definition) is 1. The molecule has 0 aliphatic carbocycles. The van der Waals surface area contributed by atoms with E-state index in [1.54, 1.807) is 97.1 Å². The average molecular weight is 518 g/mol. The molecule has 39 heavy (non-hydrogen) atoms. The van der Waals surface area contributed by atoms with Crippen LogP contribution in [0.15, 0.2) is 121 Å². The van der Waals surface area contributed by atoms with Gasteiger partial charge >= 0.3 is 6.03 Å². The minimum atomic E-state index is -0.763. The first kappa shape index (κ1) is 25.2. The Morgan fingerprint density at radius 1 is 0.692 bits per heavy atom. The second kappa shape index (κ2) is 11.3. The van der Waals surface area contributed by atoms with Crippen molar-refractivity contribution in [2.75, 3.05) is 21.7 Å². The second-order valence-corrected chi connectivity index (χ2v) is 8.57. The van der Waals surface area contributed by atoms with Crippen LogP contribution in [0.3, 0.4) is 0 Å². The van der Waals surface area contributed by atoms with Gasteiger partial charge in [-0.25, -0.2) is 14.6 Å². The van der Waals surface area contributed by atoms with Crippen LogP contribution in [-0.4, -0.2) is 30.4 Å². The Balaban J connectivity index is 1.42. The highest BCUT2D eigenvalue weighted by Crippen LogP contribution is 2.30. The van der Waals surface area contributed by atoms with Gasteiger partial charge in [0.25, 0.3) is 17.7 Å². The van der Waals surface area contributed by atoms with Crippen molar-refractivity contribution >= 4 is 46.9 Å². The third-order valence-electron chi connectivity index (χ3n) is 5.87. The molecule has 1 aliphatic heterocycles. The summed E-state index contributed by atoms with van der Waals surface area (Å²) in [5.41, 5.74) is 1.63. The quantitative estimate of drug-likeness (QED) is 0.266. The minimum Gasteiger partial charge on any atom is -0.484 e. The Kier molecular flexibility index (Phi) is 7.27. The summed E-state index contributed by atoms with van der Waals surface area (Å²) < 4.78 is 5.64. The van der Waals surface area contributed by atoms with Gasteiger partial charge in [0.1, 0.15) is 11.3 Å². The van der Waals surface area contributed by atoms with Crippen molar-refractivity contribution in [1.82, 2.24) is 0 Å². The summed E-state index contributed by atoms with van der Waals surface area (Å²) in [6.07, 6.45) is 1.42. The SMILES string of the molecule is O=C(COc1cccc(C=C2C(=O)N(c3ccccc3)C(=O)N(c3ccccc3)C2=O)c1)Nc1ccccc1. The summed E-state index contributed by atoms with van der Waals surface area (Å²) in [7, 11) is 0. The monoisotopic (exact) mass is 517 g/mol. The molecule has 4 aromatic rings. The summed E-state index contributed by atoms with van der Waals surface area (Å²) in [5, 5.41) is 2.74. The van der Waals surface area contributed by atoms with E-state index in [9.17, 15) is 19.2 Å². The van der Waals surface area contributed by atoms with E-state index in [1.807, 2.05) is 18.2 Å². The molecule has 4 aromatic carbocycles. The smallest absolute Gasteiger partial charge is 0.343 e. The number of benzene rings is 4. The van der Waals surface area contributed by atoms with E-state index in [-0.39, 0.29) is 18.1 Å². The van der Waals surface area contributed by atoms with E-state index < -0.39 is 17.8 Å². The molecule has 5 amide bonds. The Morgan fingerprint density at radius 3 is 1.79 bits per heavy atom. The van der Waals surface area contributed by atoms with Crippen molar-refractivity contribution in [3.05, 3.63) is 126 Å². The highest BCUT2D eigenvalue weighted by Gasteiger charge is 2.43. The summed E-state index contributed by atoms with van der Waals surface area (Å²) in [6.45, 7) is -0.231. The van der Waals surface area contributed by atoms with Crippen LogP contribution in [0.5, 0.6) is 5.75 Å². The molecular formula is C31H23N3O5. The van der Waals surface area contributed by atoms with Gasteiger partial charge in [0.15, 0.2) is 6.61 Å². The van der Waals surface area contributed by atoms with E-state index in [2.05, 4.69) is 5.32 Å². The van der Waals surface area contributed by atoms with Crippen molar-refractivity contribution in [3.8, 4) is 5.75 Å². The van der Waals surface area contributed by atoms with Gasteiger partial charge in [0.05, 0.1) is 11.4 Å². The number of imide groups is 2. The summed E-state index contributed by atoms with van der Waals surface area (Å²) in [5.74, 6) is -1.44. The number of amides is 5. The van der Waals surface area contributed by atoms with Crippen LogP contribution in [0.4, 0.5) is 21.9 Å². The maximum Gasteiger partial charge on any atom is 0.343 e. The topological polar surface area (TPSA) is 96.0 Å². The van der Waals surface area contributed by atoms with E-state index in [0.717, 1.165) is 9.80 Å². The molecule has 1 N–H and O–H groups in total. The lowest BCUT2D eigenvalue weighted by molar-refractivity contribution is -0.121. The van der Waals surface area contributed by atoms with Crippen molar-refractivity contribution in [3.63, 3.8) is 0 Å². The number of anilines is 3. The highest BCUT2D eigenvalue weighted by atomic mass is 16.5. The normalized spacial score (nSPS) is 13.3. The number of nitrogens with zero attached hydrogens (tertiary/aromatic N) is 2. The standard InChI is InChI=1S/C31H23N3O5/c35-28(32-23-12-4-1-5-13-23)21-39-26-18-10-11-22(19-26)20-27-29(36)33(24-14-6-2-7-15-24)31(38)34(30(27)37)25-16-8-3-9-17-25/h1-20H,21H2,(H,32,35). The lowest BCUT2D eigenvalue weighted by Gasteiger charge is -2.33. The number of urea groups is 1. The molecule has 0 spiro atoms. The molecule has 0 aromatic heterocycles. The van der Waals surface area contributed by atoms with Gasteiger partial charge < -0.3 is 10.1 Å². The number of hydrogen-bond acceptors (Lipinski definition) is 5. The Labute approximate surface area is 224 Å². The van der Waals surface area contributed by atoms with Gasteiger partial charge in [-0.05, 0) is 60.2 Å². The van der Waals surface area contributed by atoms with E-state index >= 15 is 0 Å². The number of nitrogens with one attached hydrogen (secondary N) is 1. The first-order chi connectivity index (χ1) is 19.0. The molecule has 0 saturated carbocycles. The first-order valence-corrected chi connectivity index (χ1v) is 12.1. The van der Waals surface area contributed by atoms with Crippen LogP contribution in [0.2, 0.25) is 0 Å². The van der Waals surface area contributed by atoms with Gasteiger partial charge in [-0.3, -0.25) is 14.4 Å². The zero-order valence-electron chi connectivity index (χ0n) is 20.7. The van der Waals surface area contributed by atoms with Crippen LogP contribution in [0, 0.1) is 0 Å². The fourth-order valence-electron chi connectivity index (χ4n) is 4.07. The highest BCUT2D eigenvalue weighted by molar-refractivity contribution is 6.46. The molecule has 192 valence electrons.